The second kappa shape index (κ2) is 4.72. The predicted octanol–water partition coefficient (Wildman–Crippen LogP) is 2.43. The van der Waals surface area contributed by atoms with Crippen LogP contribution < -0.4 is 4.90 Å². The van der Waals surface area contributed by atoms with E-state index in [0.717, 1.165) is 31.5 Å². The van der Waals surface area contributed by atoms with Gasteiger partial charge < -0.3 is 9.69 Å². The van der Waals surface area contributed by atoms with Crippen LogP contribution in [0.25, 0.3) is 0 Å². The van der Waals surface area contributed by atoms with Crippen molar-refractivity contribution in [3.63, 3.8) is 0 Å². The Morgan fingerprint density at radius 2 is 2.24 bits per heavy atom. The smallest absolute Gasteiger partial charge is 0.147 e. The fourth-order valence-electron chi connectivity index (χ4n) is 2.23. The molecule has 1 aliphatic heterocycles. The van der Waals surface area contributed by atoms with Crippen molar-refractivity contribution >= 4 is 28.0 Å². The van der Waals surface area contributed by atoms with E-state index < -0.39 is 0 Å². The van der Waals surface area contributed by atoms with Crippen LogP contribution in [0, 0.1) is 5.41 Å². The van der Waals surface area contributed by atoms with E-state index in [1.54, 1.807) is 12.4 Å². The lowest BCUT2D eigenvalue weighted by atomic mass is 9.79. The Labute approximate surface area is 110 Å². The van der Waals surface area contributed by atoms with Crippen molar-refractivity contribution in [2.75, 3.05) is 11.4 Å². The summed E-state index contributed by atoms with van der Waals surface area (Å²) in [7, 11) is 0. The molecule has 5 heteroatoms. The Hall–Kier alpha value is -0.970. The number of aromatic nitrogens is 2. The number of rotatable bonds is 2. The number of hydrogen-bond donors (Lipinski definition) is 0. The summed E-state index contributed by atoms with van der Waals surface area (Å²) in [6.45, 7) is 5.26. The first kappa shape index (κ1) is 12.5. The third-order valence-corrected chi connectivity index (χ3v) is 3.66. The molecular formula is C12H16BrN3O. The molecular weight excluding hydrogens is 282 g/mol. The van der Waals surface area contributed by atoms with E-state index >= 15 is 0 Å². The summed E-state index contributed by atoms with van der Waals surface area (Å²) in [6.07, 6.45) is 6.32. The minimum atomic E-state index is -0.0887. The lowest BCUT2D eigenvalue weighted by Crippen LogP contribution is -2.46. The highest BCUT2D eigenvalue weighted by Gasteiger charge is 2.33. The van der Waals surface area contributed by atoms with Gasteiger partial charge in [-0.2, -0.15) is 0 Å². The van der Waals surface area contributed by atoms with Gasteiger partial charge in [0.15, 0.2) is 0 Å². The molecule has 0 aliphatic carbocycles. The summed E-state index contributed by atoms with van der Waals surface area (Å²) < 4.78 is 0.709. The van der Waals surface area contributed by atoms with Crippen LogP contribution in [-0.2, 0) is 4.79 Å². The molecule has 0 amide bonds. The molecule has 1 fully saturated rings. The molecule has 0 spiro atoms. The van der Waals surface area contributed by atoms with Gasteiger partial charge in [0.2, 0.25) is 0 Å². The van der Waals surface area contributed by atoms with E-state index in [1.807, 2.05) is 4.90 Å². The van der Waals surface area contributed by atoms with Crippen molar-refractivity contribution in [3.8, 4) is 0 Å². The van der Waals surface area contributed by atoms with Crippen molar-refractivity contribution in [2.24, 2.45) is 5.41 Å². The molecule has 0 radical (unpaired) electrons. The van der Waals surface area contributed by atoms with Crippen LogP contribution in [-0.4, -0.2) is 28.8 Å². The van der Waals surface area contributed by atoms with E-state index in [9.17, 15) is 4.79 Å². The molecule has 17 heavy (non-hydrogen) atoms. The van der Waals surface area contributed by atoms with Crippen LogP contribution in [0.15, 0.2) is 17.0 Å². The first-order valence-corrected chi connectivity index (χ1v) is 6.51. The molecule has 2 heterocycles. The van der Waals surface area contributed by atoms with Gasteiger partial charge in [0.25, 0.3) is 0 Å². The van der Waals surface area contributed by atoms with Gasteiger partial charge in [0.05, 0.1) is 18.4 Å². The molecule has 2 rings (SSSR count). The number of aldehydes is 1. The minimum absolute atomic E-state index is 0.0887. The minimum Gasteiger partial charge on any atom is -0.346 e. The van der Waals surface area contributed by atoms with Gasteiger partial charge in [-0.05, 0) is 34.2 Å². The molecule has 1 aromatic heterocycles. The van der Waals surface area contributed by atoms with E-state index in [-0.39, 0.29) is 11.5 Å². The fourth-order valence-corrected chi connectivity index (χ4v) is 2.43. The first-order chi connectivity index (χ1) is 8.02. The van der Waals surface area contributed by atoms with E-state index in [4.69, 9.17) is 0 Å². The van der Waals surface area contributed by atoms with Crippen molar-refractivity contribution in [2.45, 2.75) is 32.7 Å². The third kappa shape index (κ3) is 2.83. The Morgan fingerprint density at radius 1 is 1.47 bits per heavy atom. The van der Waals surface area contributed by atoms with Gasteiger partial charge in [0.1, 0.15) is 16.7 Å². The molecule has 1 unspecified atom stereocenters. The standard InChI is InChI=1S/C12H16BrN3O/c1-12(2)3-4-16(9(5-12)8-17)11-7-14-10(13)6-15-11/h6-9H,3-5H2,1-2H3. The molecule has 0 aromatic carbocycles. The summed E-state index contributed by atoms with van der Waals surface area (Å²) >= 11 is 3.26. The van der Waals surface area contributed by atoms with E-state index in [2.05, 4.69) is 39.7 Å². The van der Waals surface area contributed by atoms with Crippen LogP contribution in [0.1, 0.15) is 26.7 Å². The molecule has 1 aromatic rings. The zero-order chi connectivity index (χ0) is 12.5. The van der Waals surface area contributed by atoms with Gasteiger partial charge in [-0.15, -0.1) is 0 Å². The fraction of sp³-hybridized carbons (Fsp3) is 0.583. The Bertz CT molecular complexity index is 405. The zero-order valence-electron chi connectivity index (χ0n) is 10.1. The zero-order valence-corrected chi connectivity index (χ0v) is 11.6. The Kier molecular flexibility index (Phi) is 3.47. The van der Waals surface area contributed by atoms with Crippen LogP contribution in [0.3, 0.4) is 0 Å². The van der Waals surface area contributed by atoms with Crippen LogP contribution in [0.2, 0.25) is 0 Å². The Morgan fingerprint density at radius 3 is 2.82 bits per heavy atom. The lowest BCUT2D eigenvalue weighted by Gasteiger charge is -2.41. The summed E-state index contributed by atoms with van der Waals surface area (Å²) in [6, 6.07) is -0.0887. The Balaban J connectivity index is 2.20. The maximum atomic E-state index is 11.2. The molecule has 4 nitrogen and oxygen atoms in total. The predicted molar refractivity (Wildman–Crippen MR) is 69.9 cm³/mol. The van der Waals surface area contributed by atoms with Gasteiger partial charge >= 0.3 is 0 Å². The molecule has 0 saturated carbocycles. The molecule has 1 saturated heterocycles. The molecule has 0 N–H and O–H groups in total. The summed E-state index contributed by atoms with van der Waals surface area (Å²) in [5, 5.41) is 0. The molecule has 1 aliphatic rings. The average molecular weight is 298 g/mol. The second-order valence-electron chi connectivity index (χ2n) is 5.21. The van der Waals surface area contributed by atoms with Crippen molar-refractivity contribution in [1.29, 1.82) is 0 Å². The quantitative estimate of drug-likeness (QED) is 0.787. The third-order valence-electron chi connectivity index (χ3n) is 3.25. The van der Waals surface area contributed by atoms with E-state index in [1.165, 1.54) is 0 Å². The van der Waals surface area contributed by atoms with Crippen molar-refractivity contribution in [3.05, 3.63) is 17.0 Å². The molecule has 92 valence electrons. The van der Waals surface area contributed by atoms with Gasteiger partial charge in [-0.1, -0.05) is 13.8 Å². The number of halogens is 1. The van der Waals surface area contributed by atoms with Gasteiger partial charge in [-0.3, -0.25) is 0 Å². The van der Waals surface area contributed by atoms with Crippen LogP contribution >= 0.6 is 15.9 Å². The summed E-state index contributed by atoms with van der Waals surface area (Å²) in [4.78, 5) is 21.7. The number of anilines is 1. The highest BCUT2D eigenvalue weighted by molar-refractivity contribution is 9.10. The SMILES string of the molecule is CC1(C)CCN(c2cnc(Br)cn2)C(C=O)C1. The first-order valence-electron chi connectivity index (χ1n) is 5.71. The second-order valence-corrected chi connectivity index (χ2v) is 6.02. The average Bonchev–Trinajstić information content (AvgIpc) is 2.29. The highest BCUT2D eigenvalue weighted by atomic mass is 79.9. The number of carbonyl (C=O) groups is 1. The highest BCUT2D eigenvalue weighted by Crippen LogP contribution is 2.34. The van der Waals surface area contributed by atoms with Gasteiger partial charge in [0, 0.05) is 6.54 Å². The number of piperidine rings is 1. The molecule has 0 bridgehead atoms. The van der Waals surface area contributed by atoms with Crippen molar-refractivity contribution < 1.29 is 4.79 Å². The normalized spacial score (nSPS) is 23.5. The summed E-state index contributed by atoms with van der Waals surface area (Å²) in [5.41, 5.74) is 0.227. The maximum Gasteiger partial charge on any atom is 0.147 e. The van der Waals surface area contributed by atoms with Crippen LogP contribution in [0.5, 0.6) is 0 Å². The largest absolute Gasteiger partial charge is 0.346 e. The lowest BCUT2D eigenvalue weighted by molar-refractivity contribution is -0.110. The topological polar surface area (TPSA) is 46.1 Å². The van der Waals surface area contributed by atoms with Crippen LogP contribution in [0.4, 0.5) is 5.82 Å². The van der Waals surface area contributed by atoms with E-state index in [0.29, 0.717) is 4.60 Å². The number of nitrogens with zero attached hydrogens (tertiary/aromatic N) is 3. The number of carbonyl (C=O) groups excluding carboxylic acids is 1. The monoisotopic (exact) mass is 297 g/mol. The van der Waals surface area contributed by atoms with Crippen molar-refractivity contribution in [1.82, 2.24) is 9.97 Å². The summed E-state index contributed by atoms with van der Waals surface area (Å²) in [5.74, 6) is 0.779. The maximum absolute atomic E-state index is 11.2. The number of hydrogen-bond acceptors (Lipinski definition) is 4. The molecule has 1 atom stereocenters. The van der Waals surface area contributed by atoms with Gasteiger partial charge in [-0.25, -0.2) is 9.97 Å².